The zero-order valence-corrected chi connectivity index (χ0v) is 14.4. The predicted molar refractivity (Wildman–Crippen MR) is 92.0 cm³/mol. The van der Waals surface area contributed by atoms with Crippen molar-refractivity contribution in [1.82, 2.24) is 4.90 Å². The Labute approximate surface area is 146 Å². The Balaban J connectivity index is 1.44. The van der Waals surface area contributed by atoms with Crippen LogP contribution in [0, 0.1) is 6.92 Å². The molecule has 1 fully saturated rings. The van der Waals surface area contributed by atoms with Gasteiger partial charge in [-0.15, -0.1) is 0 Å². The molecule has 0 N–H and O–H groups in total. The molecule has 1 amide bonds. The Morgan fingerprint density at radius 1 is 1.20 bits per heavy atom. The van der Waals surface area contributed by atoms with Crippen molar-refractivity contribution in [1.29, 1.82) is 0 Å². The summed E-state index contributed by atoms with van der Waals surface area (Å²) >= 11 is 0. The smallest absolute Gasteiger partial charge is 0.339 e. The van der Waals surface area contributed by atoms with E-state index in [1.165, 1.54) is 6.07 Å². The number of ether oxygens (including phenoxy) is 2. The number of amides is 1. The molecule has 0 spiro atoms. The van der Waals surface area contributed by atoms with Gasteiger partial charge >= 0.3 is 5.63 Å². The lowest BCUT2D eigenvalue weighted by Crippen LogP contribution is -2.56. The van der Waals surface area contributed by atoms with Gasteiger partial charge in [0.2, 0.25) is 5.91 Å². The molecule has 0 unspecified atom stereocenters. The third-order valence-electron chi connectivity index (χ3n) is 4.16. The Hall–Kier alpha value is -2.76. The summed E-state index contributed by atoms with van der Waals surface area (Å²) in [7, 11) is 1.63. The van der Waals surface area contributed by atoms with Crippen LogP contribution in [-0.2, 0) is 11.2 Å². The molecule has 0 saturated carbocycles. The Morgan fingerprint density at radius 2 is 1.92 bits per heavy atom. The number of carbonyl (C=O) groups is 1. The van der Waals surface area contributed by atoms with Gasteiger partial charge in [-0.25, -0.2) is 4.79 Å². The van der Waals surface area contributed by atoms with Gasteiger partial charge in [0.25, 0.3) is 0 Å². The molecule has 1 aliphatic rings. The third kappa shape index (κ3) is 4.41. The number of nitrogens with zero attached hydrogens (tertiary/aromatic N) is 1. The molecule has 0 bridgehead atoms. The van der Waals surface area contributed by atoms with E-state index in [0.29, 0.717) is 37.4 Å². The summed E-state index contributed by atoms with van der Waals surface area (Å²) in [6.45, 7) is 2.78. The van der Waals surface area contributed by atoms with Gasteiger partial charge in [0.05, 0.1) is 26.3 Å². The molecule has 1 aromatic carbocycles. The first-order valence-corrected chi connectivity index (χ1v) is 8.22. The van der Waals surface area contributed by atoms with Crippen LogP contribution in [0.3, 0.4) is 0 Å². The van der Waals surface area contributed by atoms with Crippen molar-refractivity contribution in [2.75, 3.05) is 20.2 Å². The van der Waals surface area contributed by atoms with E-state index in [4.69, 9.17) is 13.9 Å². The lowest BCUT2D eigenvalue weighted by Gasteiger charge is -2.39. The zero-order valence-electron chi connectivity index (χ0n) is 14.4. The van der Waals surface area contributed by atoms with Crippen molar-refractivity contribution < 1.29 is 18.7 Å². The first kappa shape index (κ1) is 17.1. The molecule has 2 aromatic rings. The highest BCUT2D eigenvalue weighted by Gasteiger charge is 2.32. The molecular formula is C19H21NO5. The van der Waals surface area contributed by atoms with E-state index in [1.807, 2.05) is 24.3 Å². The van der Waals surface area contributed by atoms with Crippen molar-refractivity contribution in [3.05, 3.63) is 58.1 Å². The zero-order chi connectivity index (χ0) is 17.8. The summed E-state index contributed by atoms with van der Waals surface area (Å²) in [5.41, 5.74) is 0.677. The van der Waals surface area contributed by atoms with Crippen molar-refractivity contribution in [3.63, 3.8) is 0 Å². The molecule has 1 aliphatic heterocycles. The van der Waals surface area contributed by atoms with Crippen LogP contribution in [0.15, 0.2) is 45.6 Å². The minimum atomic E-state index is -0.429. The van der Waals surface area contributed by atoms with Gasteiger partial charge in [-0.2, -0.15) is 0 Å². The van der Waals surface area contributed by atoms with E-state index in [1.54, 1.807) is 25.0 Å². The predicted octanol–water partition coefficient (Wildman–Crippen LogP) is 2.18. The van der Waals surface area contributed by atoms with Gasteiger partial charge in [-0.3, -0.25) is 4.79 Å². The van der Waals surface area contributed by atoms with E-state index in [9.17, 15) is 9.59 Å². The minimum Gasteiger partial charge on any atom is -0.497 e. The number of carbonyl (C=O) groups excluding carboxylic acids is 1. The van der Waals surface area contributed by atoms with E-state index < -0.39 is 5.63 Å². The van der Waals surface area contributed by atoms with E-state index in [-0.39, 0.29) is 12.0 Å². The average Bonchev–Trinajstić information content (AvgIpc) is 2.55. The second kappa shape index (κ2) is 7.42. The van der Waals surface area contributed by atoms with Crippen LogP contribution in [0.4, 0.5) is 0 Å². The van der Waals surface area contributed by atoms with Crippen LogP contribution in [0.1, 0.15) is 17.7 Å². The first-order chi connectivity index (χ1) is 12.0. The van der Waals surface area contributed by atoms with Gasteiger partial charge in [0, 0.05) is 12.5 Å². The normalized spacial score (nSPS) is 14.1. The Kier molecular flexibility index (Phi) is 5.07. The average molecular weight is 343 g/mol. The maximum atomic E-state index is 12.2. The van der Waals surface area contributed by atoms with Gasteiger partial charge in [0.15, 0.2) is 0 Å². The highest BCUT2D eigenvalue weighted by atomic mass is 16.5. The number of hydrogen-bond acceptors (Lipinski definition) is 5. The van der Waals surface area contributed by atoms with Crippen LogP contribution in [-0.4, -0.2) is 37.1 Å². The second-order valence-electron chi connectivity index (χ2n) is 6.11. The second-order valence-corrected chi connectivity index (χ2v) is 6.11. The SMILES string of the molecule is COc1ccc(CCC(=O)N2CC(Oc3cc(C)oc(=O)c3)C2)cc1. The molecular weight excluding hydrogens is 322 g/mol. The molecule has 0 radical (unpaired) electrons. The molecule has 3 rings (SSSR count). The summed E-state index contributed by atoms with van der Waals surface area (Å²) in [5, 5.41) is 0. The molecule has 2 heterocycles. The molecule has 6 heteroatoms. The van der Waals surface area contributed by atoms with Gasteiger partial charge in [-0.1, -0.05) is 12.1 Å². The van der Waals surface area contributed by atoms with Gasteiger partial charge in [-0.05, 0) is 31.0 Å². The minimum absolute atomic E-state index is 0.0777. The van der Waals surface area contributed by atoms with Crippen molar-refractivity contribution in [3.8, 4) is 11.5 Å². The van der Waals surface area contributed by atoms with Crippen LogP contribution in [0.2, 0.25) is 0 Å². The van der Waals surface area contributed by atoms with E-state index in [2.05, 4.69) is 0 Å². The molecule has 1 saturated heterocycles. The van der Waals surface area contributed by atoms with Crippen molar-refractivity contribution in [2.45, 2.75) is 25.9 Å². The van der Waals surface area contributed by atoms with E-state index >= 15 is 0 Å². The van der Waals surface area contributed by atoms with Crippen molar-refractivity contribution in [2.24, 2.45) is 0 Å². The van der Waals surface area contributed by atoms with Crippen LogP contribution in [0.5, 0.6) is 11.5 Å². The number of rotatable bonds is 6. The topological polar surface area (TPSA) is 69.0 Å². The molecule has 0 atom stereocenters. The summed E-state index contributed by atoms with van der Waals surface area (Å²) in [4.78, 5) is 25.3. The number of aryl methyl sites for hydroxylation is 2. The largest absolute Gasteiger partial charge is 0.497 e. The highest BCUT2D eigenvalue weighted by molar-refractivity contribution is 5.77. The third-order valence-corrected chi connectivity index (χ3v) is 4.16. The van der Waals surface area contributed by atoms with E-state index in [0.717, 1.165) is 11.3 Å². The molecule has 25 heavy (non-hydrogen) atoms. The Bertz CT molecular complexity index is 790. The van der Waals surface area contributed by atoms with Gasteiger partial charge < -0.3 is 18.8 Å². The van der Waals surface area contributed by atoms with Crippen LogP contribution >= 0.6 is 0 Å². The number of methoxy groups -OCH3 is 1. The number of benzene rings is 1. The van der Waals surface area contributed by atoms with Gasteiger partial charge in [0.1, 0.15) is 23.4 Å². The fourth-order valence-corrected chi connectivity index (χ4v) is 2.75. The first-order valence-electron chi connectivity index (χ1n) is 8.22. The number of hydrogen-bond donors (Lipinski definition) is 0. The summed E-state index contributed by atoms with van der Waals surface area (Å²) in [6.07, 6.45) is 1.09. The summed E-state index contributed by atoms with van der Waals surface area (Å²) in [6, 6.07) is 10.7. The summed E-state index contributed by atoms with van der Waals surface area (Å²) in [5.74, 6) is 1.92. The van der Waals surface area contributed by atoms with Crippen LogP contribution < -0.4 is 15.1 Å². The highest BCUT2D eigenvalue weighted by Crippen LogP contribution is 2.19. The Morgan fingerprint density at radius 3 is 2.56 bits per heavy atom. The lowest BCUT2D eigenvalue weighted by atomic mass is 10.1. The quantitative estimate of drug-likeness (QED) is 0.804. The lowest BCUT2D eigenvalue weighted by molar-refractivity contribution is -0.139. The maximum absolute atomic E-state index is 12.2. The fraction of sp³-hybridized carbons (Fsp3) is 0.368. The van der Waals surface area contributed by atoms with Crippen LogP contribution in [0.25, 0.3) is 0 Å². The molecule has 0 aliphatic carbocycles. The molecule has 1 aromatic heterocycles. The molecule has 132 valence electrons. The maximum Gasteiger partial charge on any atom is 0.339 e. The standard InChI is InChI=1S/C19H21NO5/c1-13-9-16(10-19(22)24-13)25-17-11-20(12-17)18(21)8-5-14-3-6-15(23-2)7-4-14/h3-4,6-7,9-10,17H,5,8,11-12H2,1-2H3. The summed E-state index contributed by atoms with van der Waals surface area (Å²) < 4.78 is 15.7. The molecule has 6 nitrogen and oxygen atoms in total. The fourth-order valence-electron chi connectivity index (χ4n) is 2.75. The number of likely N-dealkylation sites (tertiary alicyclic amines) is 1. The monoisotopic (exact) mass is 343 g/mol. The van der Waals surface area contributed by atoms with Crippen molar-refractivity contribution >= 4 is 5.91 Å².